The van der Waals surface area contributed by atoms with Crippen LogP contribution in [0.1, 0.15) is 17.7 Å². The van der Waals surface area contributed by atoms with E-state index in [0.717, 1.165) is 57.7 Å². The van der Waals surface area contributed by atoms with Gasteiger partial charge in [0.05, 0.1) is 27.9 Å². The van der Waals surface area contributed by atoms with E-state index in [9.17, 15) is 0 Å². The van der Waals surface area contributed by atoms with Crippen molar-refractivity contribution in [3.8, 4) is 45.3 Å². The first-order chi connectivity index (χ1) is 28.7. The molecule has 0 atom stereocenters. The Morgan fingerprint density at radius 2 is 0.914 bits per heavy atom. The van der Waals surface area contributed by atoms with E-state index in [1.54, 1.807) is 0 Å². The zero-order valence-electron chi connectivity index (χ0n) is 31.7. The Kier molecular flexibility index (Phi) is 7.32. The van der Waals surface area contributed by atoms with Crippen molar-refractivity contribution in [1.82, 2.24) is 19.1 Å². The summed E-state index contributed by atoms with van der Waals surface area (Å²) >= 11 is 0. The van der Waals surface area contributed by atoms with E-state index < -0.39 is 0 Å². The van der Waals surface area contributed by atoms with Gasteiger partial charge in [-0.1, -0.05) is 133 Å². The van der Waals surface area contributed by atoms with E-state index in [-0.39, 0.29) is 0 Å². The van der Waals surface area contributed by atoms with Crippen molar-refractivity contribution in [3.05, 3.63) is 199 Å². The summed E-state index contributed by atoms with van der Waals surface area (Å²) in [5.41, 5.74) is 13.2. The zero-order valence-corrected chi connectivity index (χ0v) is 31.7. The normalized spacial score (nSPS) is 12.6. The average Bonchev–Trinajstić information content (AvgIpc) is 3.81. The maximum Gasteiger partial charge on any atom is 0.160 e. The van der Waals surface area contributed by atoms with Gasteiger partial charge in [0.2, 0.25) is 0 Å². The second-order valence-corrected chi connectivity index (χ2v) is 15.4. The van der Waals surface area contributed by atoms with Crippen molar-refractivity contribution < 1.29 is 0 Å². The summed E-state index contributed by atoms with van der Waals surface area (Å²) in [5.74, 6) is 0.696. The molecule has 0 unspecified atom stereocenters. The molecule has 0 radical (unpaired) electrons. The highest BCUT2D eigenvalue weighted by molar-refractivity contribution is 6.09. The molecule has 4 nitrogen and oxygen atoms in total. The van der Waals surface area contributed by atoms with Gasteiger partial charge in [0.15, 0.2) is 5.82 Å². The summed E-state index contributed by atoms with van der Waals surface area (Å²) in [6.45, 7) is 0. The van der Waals surface area contributed by atoms with E-state index in [1.165, 1.54) is 60.1 Å². The number of allylic oxidation sites excluding steroid dienone is 1. The molecule has 12 rings (SSSR count). The molecule has 11 aromatic rings. The number of fused-ring (bicyclic) bond motifs is 8. The molecule has 0 spiro atoms. The Bertz CT molecular complexity index is 3320. The summed E-state index contributed by atoms with van der Waals surface area (Å²) < 4.78 is 4.87. The third-order valence-corrected chi connectivity index (χ3v) is 11.9. The Labute approximate surface area is 335 Å². The summed E-state index contributed by atoms with van der Waals surface area (Å²) in [5, 5.41) is 8.51. The summed E-state index contributed by atoms with van der Waals surface area (Å²) in [7, 11) is 0. The SMILES string of the molecule is C1=Cc2c(c3ccccc3n2-c2cc(-c3cc(-c4ccc5ccccc5c4)nc(-c4ccc5ccccc5c4)n3)cc(-n3c4ccccc4c4ccccc43)c2)CC1. The van der Waals surface area contributed by atoms with Crippen LogP contribution in [-0.4, -0.2) is 19.1 Å². The van der Waals surface area contributed by atoms with Crippen LogP contribution in [0.15, 0.2) is 188 Å². The van der Waals surface area contributed by atoms with E-state index in [0.29, 0.717) is 5.82 Å². The van der Waals surface area contributed by atoms with Gasteiger partial charge in [0, 0.05) is 49.9 Å². The zero-order chi connectivity index (χ0) is 38.2. The highest BCUT2D eigenvalue weighted by atomic mass is 15.0. The minimum Gasteiger partial charge on any atom is -0.309 e. The molecule has 0 fully saturated rings. The lowest BCUT2D eigenvalue weighted by atomic mass is 10.0. The van der Waals surface area contributed by atoms with Crippen LogP contribution in [-0.2, 0) is 6.42 Å². The van der Waals surface area contributed by atoms with Gasteiger partial charge < -0.3 is 9.13 Å². The van der Waals surface area contributed by atoms with Crippen molar-refractivity contribution in [2.75, 3.05) is 0 Å². The molecule has 0 saturated heterocycles. The molecule has 0 bridgehead atoms. The Balaban J connectivity index is 1.16. The second-order valence-electron chi connectivity index (χ2n) is 15.4. The van der Waals surface area contributed by atoms with Crippen LogP contribution < -0.4 is 0 Å². The van der Waals surface area contributed by atoms with Gasteiger partial charge in [-0.25, -0.2) is 9.97 Å². The molecule has 1 aliphatic carbocycles. The van der Waals surface area contributed by atoms with Crippen molar-refractivity contribution >= 4 is 60.3 Å². The van der Waals surface area contributed by atoms with Crippen LogP contribution >= 0.6 is 0 Å². The minimum absolute atomic E-state index is 0.696. The van der Waals surface area contributed by atoms with Crippen molar-refractivity contribution in [2.24, 2.45) is 0 Å². The number of aryl methyl sites for hydroxylation is 1. The van der Waals surface area contributed by atoms with Crippen LogP contribution in [0.4, 0.5) is 0 Å². The molecule has 0 aliphatic heterocycles. The van der Waals surface area contributed by atoms with Crippen LogP contribution in [0.3, 0.4) is 0 Å². The van der Waals surface area contributed by atoms with Gasteiger partial charge >= 0.3 is 0 Å². The van der Waals surface area contributed by atoms with Crippen molar-refractivity contribution in [2.45, 2.75) is 12.8 Å². The number of hydrogen-bond donors (Lipinski definition) is 0. The van der Waals surface area contributed by atoms with Gasteiger partial charge in [-0.15, -0.1) is 0 Å². The Hall–Kier alpha value is -7.56. The average molecular weight is 741 g/mol. The second kappa shape index (κ2) is 13.0. The topological polar surface area (TPSA) is 35.6 Å². The highest BCUT2D eigenvalue weighted by Gasteiger charge is 2.21. The lowest BCUT2D eigenvalue weighted by molar-refractivity contribution is 0.966. The van der Waals surface area contributed by atoms with Gasteiger partial charge in [-0.05, 0) is 101 Å². The molecule has 3 aromatic heterocycles. The third-order valence-electron chi connectivity index (χ3n) is 11.9. The number of aromatic nitrogens is 4. The number of hydrogen-bond acceptors (Lipinski definition) is 2. The maximum absolute atomic E-state index is 5.44. The largest absolute Gasteiger partial charge is 0.309 e. The fourth-order valence-corrected chi connectivity index (χ4v) is 9.22. The maximum atomic E-state index is 5.44. The predicted octanol–water partition coefficient (Wildman–Crippen LogP) is 13.8. The first kappa shape index (κ1) is 32.7. The molecule has 4 heteroatoms. The minimum atomic E-state index is 0.696. The molecular weight excluding hydrogens is 705 g/mol. The van der Waals surface area contributed by atoms with Crippen molar-refractivity contribution in [3.63, 3.8) is 0 Å². The summed E-state index contributed by atoms with van der Waals surface area (Å²) in [4.78, 5) is 10.8. The first-order valence-corrected chi connectivity index (χ1v) is 20.0. The van der Waals surface area contributed by atoms with Gasteiger partial charge in [-0.2, -0.15) is 0 Å². The summed E-state index contributed by atoms with van der Waals surface area (Å²) in [6, 6.07) is 65.6. The van der Waals surface area contributed by atoms with Crippen LogP contribution in [0.2, 0.25) is 0 Å². The summed E-state index contributed by atoms with van der Waals surface area (Å²) in [6.07, 6.45) is 6.69. The molecule has 0 amide bonds. The molecule has 0 saturated carbocycles. The van der Waals surface area contributed by atoms with Gasteiger partial charge in [-0.3, -0.25) is 0 Å². The quantitative estimate of drug-likeness (QED) is 0.176. The molecule has 3 heterocycles. The van der Waals surface area contributed by atoms with E-state index in [1.807, 2.05) is 0 Å². The molecular formula is C54H36N4. The van der Waals surface area contributed by atoms with Gasteiger partial charge in [0.25, 0.3) is 0 Å². The van der Waals surface area contributed by atoms with E-state index in [2.05, 4.69) is 203 Å². The molecule has 0 N–H and O–H groups in total. The van der Waals surface area contributed by atoms with Crippen LogP contribution in [0.25, 0.3) is 106 Å². The molecule has 1 aliphatic rings. The van der Waals surface area contributed by atoms with E-state index >= 15 is 0 Å². The third kappa shape index (κ3) is 5.23. The number of rotatable bonds is 5. The number of para-hydroxylation sites is 3. The lowest BCUT2D eigenvalue weighted by Gasteiger charge is -2.17. The molecule has 8 aromatic carbocycles. The molecule has 58 heavy (non-hydrogen) atoms. The Morgan fingerprint density at radius 1 is 0.397 bits per heavy atom. The number of nitrogens with zero attached hydrogens (tertiary/aromatic N) is 4. The highest BCUT2D eigenvalue weighted by Crippen LogP contribution is 2.39. The standard InChI is InChI=1S/C54H36N4/c1-3-15-37-29-39(27-25-35(37)13-1)48-34-49(56-54(55-48)40-28-26-36-14-2-4-16-38(36)30-40)41-31-42(57-50-21-9-5-17-44(50)45-18-6-10-22-51(45)57)33-43(32-41)58-52-23-11-7-19-46(52)47-20-8-12-24-53(47)58/h1-7,9-19,21-34H,8,20H2. The molecule has 272 valence electrons. The van der Waals surface area contributed by atoms with Gasteiger partial charge in [0.1, 0.15) is 0 Å². The van der Waals surface area contributed by atoms with E-state index in [4.69, 9.17) is 9.97 Å². The lowest BCUT2D eigenvalue weighted by Crippen LogP contribution is -2.04. The fraction of sp³-hybridized carbons (Fsp3) is 0.0370. The predicted molar refractivity (Wildman–Crippen MR) is 242 cm³/mol. The first-order valence-electron chi connectivity index (χ1n) is 20.0. The smallest absolute Gasteiger partial charge is 0.160 e. The Morgan fingerprint density at radius 3 is 1.59 bits per heavy atom. The fourth-order valence-electron chi connectivity index (χ4n) is 9.22. The van der Waals surface area contributed by atoms with Crippen LogP contribution in [0, 0.1) is 0 Å². The van der Waals surface area contributed by atoms with Crippen LogP contribution in [0.5, 0.6) is 0 Å². The monoisotopic (exact) mass is 740 g/mol. The van der Waals surface area contributed by atoms with Crippen molar-refractivity contribution in [1.29, 1.82) is 0 Å². The number of benzene rings is 8.